The fourth-order valence-corrected chi connectivity index (χ4v) is 1.82. The molecule has 1 amide bonds. The molecule has 1 N–H and O–H groups in total. The van der Waals surface area contributed by atoms with Crippen LogP contribution in [-0.4, -0.2) is 11.9 Å². The number of hydrogen-bond donors (Lipinski definition) is 1. The first-order valence-corrected chi connectivity index (χ1v) is 6.38. The van der Waals surface area contributed by atoms with Crippen LogP contribution in [0, 0.1) is 13.8 Å². The Morgan fingerprint density at radius 1 is 1.35 bits per heavy atom. The molecule has 0 radical (unpaired) electrons. The lowest BCUT2D eigenvalue weighted by atomic mass is 10.0. The van der Waals surface area contributed by atoms with Crippen molar-refractivity contribution in [3.8, 4) is 0 Å². The molecule has 1 aromatic carbocycles. The Bertz CT molecular complexity index is 385. The second-order valence-electron chi connectivity index (χ2n) is 4.81. The molecule has 0 spiro atoms. The lowest BCUT2D eigenvalue weighted by Crippen LogP contribution is -2.32. The predicted molar refractivity (Wildman–Crippen MR) is 72.1 cm³/mol. The maximum Gasteiger partial charge on any atom is 0.220 e. The molecule has 2 nitrogen and oxygen atoms in total. The highest BCUT2D eigenvalue weighted by Crippen LogP contribution is 2.12. The van der Waals surface area contributed by atoms with Crippen LogP contribution in [0.15, 0.2) is 18.2 Å². The lowest BCUT2D eigenvalue weighted by Gasteiger charge is -2.12. The van der Waals surface area contributed by atoms with Crippen molar-refractivity contribution in [2.24, 2.45) is 0 Å². The van der Waals surface area contributed by atoms with E-state index in [2.05, 4.69) is 44.3 Å². The van der Waals surface area contributed by atoms with Crippen LogP contribution < -0.4 is 5.32 Å². The fourth-order valence-electron chi connectivity index (χ4n) is 1.82. The molecule has 0 saturated heterocycles. The maximum atomic E-state index is 11.7. The molecule has 2 heteroatoms. The number of amides is 1. The van der Waals surface area contributed by atoms with Crippen LogP contribution in [-0.2, 0) is 11.2 Å². The second kappa shape index (κ2) is 6.43. The highest BCUT2D eigenvalue weighted by atomic mass is 16.1. The van der Waals surface area contributed by atoms with E-state index in [0.29, 0.717) is 6.42 Å². The van der Waals surface area contributed by atoms with Crippen molar-refractivity contribution in [2.45, 2.75) is 53.0 Å². The van der Waals surface area contributed by atoms with E-state index in [1.165, 1.54) is 16.7 Å². The molecule has 1 unspecified atom stereocenters. The van der Waals surface area contributed by atoms with E-state index in [-0.39, 0.29) is 11.9 Å². The van der Waals surface area contributed by atoms with Crippen molar-refractivity contribution in [1.29, 1.82) is 0 Å². The average molecular weight is 233 g/mol. The summed E-state index contributed by atoms with van der Waals surface area (Å²) < 4.78 is 0. The highest BCUT2D eigenvalue weighted by Gasteiger charge is 2.06. The van der Waals surface area contributed by atoms with E-state index in [1.54, 1.807) is 0 Å². The standard InChI is InChI=1S/C15H23NO/c1-5-13(4)16-15(17)9-8-14-7-6-11(2)10-12(14)3/h6-7,10,13H,5,8-9H2,1-4H3,(H,16,17). The van der Waals surface area contributed by atoms with E-state index in [9.17, 15) is 4.79 Å². The molecule has 0 aliphatic heterocycles. The number of aryl methyl sites for hydroxylation is 3. The van der Waals surface area contributed by atoms with Crippen LogP contribution in [0.3, 0.4) is 0 Å². The van der Waals surface area contributed by atoms with Crippen LogP contribution in [0.5, 0.6) is 0 Å². The third-order valence-electron chi connectivity index (χ3n) is 3.14. The summed E-state index contributed by atoms with van der Waals surface area (Å²) in [4.78, 5) is 11.7. The topological polar surface area (TPSA) is 29.1 Å². The molecule has 1 aromatic rings. The Balaban J connectivity index is 2.47. The van der Waals surface area contributed by atoms with E-state index in [4.69, 9.17) is 0 Å². The molecule has 0 aliphatic rings. The number of rotatable bonds is 5. The SMILES string of the molecule is CCC(C)NC(=O)CCc1ccc(C)cc1C. The third kappa shape index (κ3) is 4.59. The van der Waals surface area contributed by atoms with Gasteiger partial charge in [0.2, 0.25) is 5.91 Å². The summed E-state index contributed by atoms with van der Waals surface area (Å²) in [5, 5.41) is 2.99. The molecule has 0 bridgehead atoms. The summed E-state index contributed by atoms with van der Waals surface area (Å²) in [6.45, 7) is 8.31. The predicted octanol–water partition coefficient (Wildman–Crippen LogP) is 3.15. The Morgan fingerprint density at radius 2 is 2.06 bits per heavy atom. The minimum Gasteiger partial charge on any atom is -0.354 e. The Morgan fingerprint density at radius 3 is 2.65 bits per heavy atom. The Labute approximate surface area is 104 Å². The minimum atomic E-state index is 0.152. The maximum absolute atomic E-state index is 11.7. The van der Waals surface area contributed by atoms with Gasteiger partial charge in [0.05, 0.1) is 0 Å². The molecule has 94 valence electrons. The van der Waals surface area contributed by atoms with Crippen molar-refractivity contribution >= 4 is 5.91 Å². The number of carbonyl (C=O) groups is 1. The van der Waals surface area contributed by atoms with Gasteiger partial charge in [-0.1, -0.05) is 30.7 Å². The quantitative estimate of drug-likeness (QED) is 0.831. The van der Waals surface area contributed by atoms with Crippen LogP contribution in [0.2, 0.25) is 0 Å². The zero-order valence-corrected chi connectivity index (χ0v) is 11.3. The van der Waals surface area contributed by atoms with E-state index >= 15 is 0 Å². The van der Waals surface area contributed by atoms with E-state index in [0.717, 1.165) is 12.8 Å². The van der Waals surface area contributed by atoms with Crippen LogP contribution in [0.1, 0.15) is 43.4 Å². The monoisotopic (exact) mass is 233 g/mol. The largest absolute Gasteiger partial charge is 0.354 e. The van der Waals surface area contributed by atoms with Gasteiger partial charge in [0, 0.05) is 12.5 Å². The van der Waals surface area contributed by atoms with Crippen molar-refractivity contribution in [2.75, 3.05) is 0 Å². The lowest BCUT2D eigenvalue weighted by molar-refractivity contribution is -0.121. The van der Waals surface area contributed by atoms with Gasteiger partial charge >= 0.3 is 0 Å². The summed E-state index contributed by atoms with van der Waals surface area (Å²) in [5.41, 5.74) is 3.83. The van der Waals surface area contributed by atoms with Crippen molar-refractivity contribution < 1.29 is 4.79 Å². The van der Waals surface area contributed by atoms with Crippen molar-refractivity contribution in [3.05, 3.63) is 34.9 Å². The molecule has 0 aliphatic carbocycles. The molecule has 17 heavy (non-hydrogen) atoms. The van der Waals surface area contributed by atoms with Crippen molar-refractivity contribution in [1.82, 2.24) is 5.32 Å². The Kier molecular flexibility index (Phi) is 5.20. The fraction of sp³-hybridized carbons (Fsp3) is 0.533. The van der Waals surface area contributed by atoms with Crippen LogP contribution in [0.25, 0.3) is 0 Å². The molecular formula is C15H23NO. The number of hydrogen-bond acceptors (Lipinski definition) is 1. The third-order valence-corrected chi connectivity index (χ3v) is 3.14. The van der Waals surface area contributed by atoms with Gasteiger partial charge < -0.3 is 5.32 Å². The zero-order chi connectivity index (χ0) is 12.8. The van der Waals surface area contributed by atoms with Gasteiger partial charge in [0.25, 0.3) is 0 Å². The summed E-state index contributed by atoms with van der Waals surface area (Å²) >= 11 is 0. The normalized spacial score (nSPS) is 12.2. The average Bonchev–Trinajstić information content (AvgIpc) is 2.27. The molecule has 0 aromatic heterocycles. The van der Waals surface area contributed by atoms with Gasteiger partial charge in [0.15, 0.2) is 0 Å². The number of benzene rings is 1. The first-order valence-electron chi connectivity index (χ1n) is 6.38. The van der Waals surface area contributed by atoms with E-state index < -0.39 is 0 Å². The summed E-state index contributed by atoms with van der Waals surface area (Å²) in [6, 6.07) is 6.68. The van der Waals surface area contributed by atoms with Gasteiger partial charge in [-0.15, -0.1) is 0 Å². The van der Waals surface area contributed by atoms with Crippen molar-refractivity contribution in [3.63, 3.8) is 0 Å². The highest BCUT2D eigenvalue weighted by molar-refractivity contribution is 5.76. The second-order valence-corrected chi connectivity index (χ2v) is 4.81. The first kappa shape index (κ1) is 13.8. The molecule has 1 rings (SSSR count). The molecular weight excluding hydrogens is 210 g/mol. The summed E-state index contributed by atoms with van der Waals surface area (Å²) in [6.07, 6.45) is 2.39. The van der Waals surface area contributed by atoms with Gasteiger partial charge in [-0.3, -0.25) is 4.79 Å². The van der Waals surface area contributed by atoms with Crippen LogP contribution in [0.4, 0.5) is 0 Å². The van der Waals surface area contributed by atoms with Gasteiger partial charge in [-0.05, 0) is 44.7 Å². The summed E-state index contributed by atoms with van der Waals surface area (Å²) in [7, 11) is 0. The number of carbonyl (C=O) groups excluding carboxylic acids is 1. The minimum absolute atomic E-state index is 0.152. The smallest absolute Gasteiger partial charge is 0.220 e. The summed E-state index contributed by atoms with van der Waals surface area (Å²) in [5.74, 6) is 0.152. The number of nitrogens with one attached hydrogen (secondary N) is 1. The van der Waals surface area contributed by atoms with Crippen LogP contribution >= 0.6 is 0 Å². The Hall–Kier alpha value is -1.31. The first-order chi connectivity index (χ1) is 8.02. The molecule has 0 heterocycles. The van der Waals surface area contributed by atoms with Gasteiger partial charge in [-0.2, -0.15) is 0 Å². The zero-order valence-electron chi connectivity index (χ0n) is 11.3. The van der Waals surface area contributed by atoms with Gasteiger partial charge in [0.1, 0.15) is 0 Å². The molecule has 0 saturated carbocycles. The van der Waals surface area contributed by atoms with Gasteiger partial charge in [-0.25, -0.2) is 0 Å². The molecule has 1 atom stereocenters. The molecule has 0 fully saturated rings. The van der Waals surface area contributed by atoms with E-state index in [1.807, 2.05) is 6.92 Å².